The molecule has 0 aromatic rings. The molecule has 0 radical (unpaired) electrons. The van der Waals surface area contributed by atoms with Crippen molar-refractivity contribution in [3.8, 4) is 0 Å². The van der Waals surface area contributed by atoms with Gasteiger partial charge in [0.15, 0.2) is 0 Å². The molecular formula is C11H21NO. The summed E-state index contributed by atoms with van der Waals surface area (Å²) in [5, 5.41) is 0. The summed E-state index contributed by atoms with van der Waals surface area (Å²) in [5.74, 6) is 0. The lowest BCUT2D eigenvalue weighted by atomic mass is 9.80. The van der Waals surface area contributed by atoms with Crippen molar-refractivity contribution < 1.29 is 4.74 Å². The summed E-state index contributed by atoms with van der Waals surface area (Å²) in [6.07, 6.45) is 4.45. The molecule has 76 valence electrons. The second-order valence-corrected chi connectivity index (χ2v) is 4.93. The van der Waals surface area contributed by atoms with Crippen molar-refractivity contribution in [3.05, 3.63) is 0 Å². The number of ether oxygens (including phenoxy) is 1. The smallest absolute Gasteiger partial charge is 0.0654 e. The van der Waals surface area contributed by atoms with E-state index in [1.165, 1.54) is 25.8 Å². The largest absolute Gasteiger partial charge is 0.377 e. The summed E-state index contributed by atoms with van der Waals surface area (Å²) < 4.78 is 5.76. The highest BCUT2D eigenvalue weighted by Crippen LogP contribution is 2.45. The van der Waals surface area contributed by atoms with Gasteiger partial charge in [-0.1, -0.05) is 0 Å². The Hall–Kier alpha value is -0.0800. The Morgan fingerprint density at radius 1 is 1.54 bits per heavy atom. The van der Waals surface area contributed by atoms with Crippen LogP contribution in [-0.4, -0.2) is 35.7 Å². The second-order valence-electron chi connectivity index (χ2n) is 4.93. The highest BCUT2D eigenvalue weighted by atomic mass is 16.5. The Bertz CT molecular complexity index is 193. The normalized spacial score (nSPS) is 39.2. The van der Waals surface area contributed by atoms with E-state index in [1.54, 1.807) is 0 Å². The molecule has 2 atom stereocenters. The summed E-state index contributed by atoms with van der Waals surface area (Å²) in [6, 6.07) is 0.804. The van der Waals surface area contributed by atoms with Gasteiger partial charge < -0.3 is 4.74 Å². The minimum atomic E-state index is 0.382. The lowest BCUT2D eigenvalue weighted by Crippen LogP contribution is -2.63. The van der Waals surface area contributed by atoms with Crippen LogP contribution in [0.25, 0.3) is 0 Å². The van der Waals surface area contributed by atoms with Crippen molar-refractivity contribution in [2.24, 2.45) is 0 Å². The molecule has 0 aliphatic carbocycles. The van der Waals surface area contributed by atoms with E-state index in [0.29, 0.717) is 11.6 Å². The first-order valence-electron chi connectivity index (χ1n) is 5.52. The van der Waals surface area contributed by atoms with Gasteiger partial charge in [0.05, 0.1) is 12.7 Å². The Labute approximate surface area is 81.3 Å². The van der Waals surface area contributed by atoms with E-state index in [4.69, 9.17) is 4.74 Å². The molecule has 2 heterocycles. The summed E-state index contributed by atoms with van der Waals surface area (Å²) in [4.78, 5) is 2.63. The quantitative estimate of drug-likeness (QED) is 0.664. The molecule has 0 saturated carbocycles. The van der Waals surface area contributed by atoms with E-state index in [0.717, 1.165) is 12.6 Å². The maximum atomic E-state index is 5.76. The third-order valence-electron chi connectivity index (χ3n) is 3.54. The van der Waals surface area contributed by atoms with Crippen LogP contribution in [-0.2, 0) is 4.74 Å². The molecule has 2 heteroatoms. The average Bonchev–Trinajstić information content (AvgIpc) is 2.39. The summed E-state index contributed by atoms with van der Waals surface area (Å²) in [7, 11) is 0. The molecule has 0 bridgehead atoms. The van der Waals surface area contributed by atoms with E-state index in [1.807, 2.05) is 0 Å². The molecule has 2 rings (SSSR count). The SMILES string of the molecule is CC(C)OC[C@]12CCCN1[C@@H](C)C2. The molecule has 2 nitrogen and oxygen atoms in total. The van der Waals surface area contributed by atoms with Gasteiger partial charge >= 0.3 is 0 Å². The molecule has 2 fully saturated rings. The minimum Gasteiger partial charge on any atom is -0.377 e. The highest BCUT2D eigenvalue weighted by Gasteiger charge is 2.52. The van der Waals surface area contributed by atoms with Crippen LogP contribution < -0.4 is 0 Å². The zero-order valence-electron chi connectivity index (χ0n) is 9.05. The second kappa shape index (κ2) is 3.25. The van der Waals surface area contributed by atoms with Crippen LogP contribution in [0.1, 0.15) is 40.0 Å². The zero-order valence-corrected chi connectivity index (χ0v) is 9.05. The van der Waals surface area contributed by atoms with Crippen molar-refractivity contribution in [2.75, 3.05) is 13.2 Å². The monoisotopic (exact) mass is 183 g/mol. The molecule has 2 saturated heterocycles. The Morgan fingerprint density at radius 2 is 2.31 bits per heavy atom. The maximum Gasteiger partial charge on any atom is 0.0654 e. The molecule has 0 N–H and O–H groups in total. The van der Waals surface area contributed by atoms with Gasteiger partial charge in [-0.3, -0.25) is 4.90 Å². The first kappa shape index (κ1) is 9.47. The van der Waals surface area contributed by atoms with Crippen molar-refractivity contribution >= 4 is 0 Å². The number of hydrogen-bond donors (Lipinski definition) is 0. The van der Waals surface area contributed by atoms with Crippen molar-refractivity contribution in [2.45, 2.75) is 57.7 Å². The van der Waals surface area contributed by atoms with E-state index in [-0.39, 0.29) is 0 Å². The van der Waals surface area contributed by atoms with Gasteiger partial charge in [0.1, 0.15) is 0 Å². The molecule has 0 amide bonds. The van der Waals surface area contributed by atoms with E-state index in [2.05, 4.69) is 25.7 Å². The van der Waals surface area contributed by atoms with Gasteiger partial charge in [-0.25, -0.2) is 0 Å². The van der Waals surface area contributed by atoms with Gasteiger partial charge in [0.25, 0.3) is 0 Å². The Kier molecular flexibility index (Phi) is 2.37. The van der Waals surface area contributed by atoms with Crippen LogP contribution in [0.15, 0.2) is 0 Å². The van der Waals surface area contributed by atoms with E-state index < -0.39 is 0 Å². The van der Waals surface area contributed by atoms with Crippen LogP contribution in [0.3, 0.4) is 0 Å². The Balaban J connectivity index is 1.90. The van der Waals surface area contributed by atoms with Gasteiger partial charge in [-0.15, -0.1) is 0 Å². The summed E-state index contributed by atoms with van der Waals surface area (Å²) >= 11 is 0. The lowest BCUT2D eigenvalue weighted by molar-refractivity contribution is -0.0960. The van der Waals surface area contributed by atoms with E-state index in [9.17, 15) is 0 Å². The number of nitrogens with zero attached hydrogens (tertiary/aromatic N) is 1. The standard InChI is InChI=1S/C11H21NO/c1-9(2)13-8-11-5-4-6-12(11)10(3)7-11/h9-10H,4-8H2,1-3H3/t10-,11+/m0/s1. The zero-order chi connectivity index (χ0) is 9.47. The molecule has 13 heavy (non-hydrogen) atoms. The van der Waals surface area contributed by atoms with Crippen molar-refractivity contribution in [1.29, 1.82) is 0 Å². The third-order valence-corrected chi connectivity index (χ3v) is 3.54. The number of rotatable bonds is 3. The number of hydrogen-bond acceptors (Lipinski definition) is 2. The number of fused-ring (bicyclic) bond motifs is 1. The fourth-order valence-corrected chi connectivity index (χ4v) is 2.95. The topological polar surface area (TPSA) is 12.5 Å². The highest BCUT2D eigenvalue weighted by molar-refractivity contribution is 5.08. The lowest BCUT2D eigenvalue weighted by Gasteiger charge is -2.53. The fraction of sp³-hybridized carbons (Fsp3) is 1.00. The third kappa shape index (κ3) is 1.50. The molecule has 0 unspecified atom stereocenters. The van der Waals surface area contributed by atoms with Crippen LogP contribution in [0.4, 0.5) is 0 Å². The first-order chi connectivity index (χ1) is 6.14. The van der Waals surface area contributed by atoms with Crippen LogP contribution in [0, 0.1) is 0 Å². The van der Waals surface area contributed by atoms with Gasteiger partial charge in [-0.2, -0.15) is 0 Å². The molecule has 0 aromatic carbocycles. The fourth-order valence-electron chi connectivity index (χ4n) is 2.95. The van der Waals surface area contributed by atoms with Crippen molar-refractivity contribution in [3.63, 3.8) is 0 Å². The molecule has 0 spiro atoms. The molecule has 2 aliphatic heterocycles. The van der Waals surface area contributed by atoms with Crippen LogP contribution in [0.2, 0.25) is 0 Å². The predicted octanol–water partition coefficient (Wildman–Crippen LogP) is 2.04. The van der Waals surface area contributed by atoms with Crippen molar-refractivity contribution in [1.82, 2.24) is 4.90 Å². The Morgan fingerprint density at radius 3 is 2.92 bits per heavy atom. The maximum absolute atomic E-state index is 5.76. The average molecular weight is 183 g/mol. The van der Waals surface area contributed by atoms with E-state index >= 15 is 0 Å². The predicted molar refractivity (Wildman–Crippen MR) is 53.8 cm³/mol. The first-order valence-corrected chi connectivity index (χ1v) is 5.52. The molecule has 0 aromatic heterocycles. The summed E-state index contributed by atoms with van der Waals surface area (Å²) in [5.41, 5.74) is 0.448. The summed E-state index contributed by atoms with van der Waals surface area (Å²) in [6.45, 7) is 8.83. The minimum absolute atomic E-state index is 0.382. The van der Waals surface area contributed by atoms with Crippen LogP contribution >= 0.6 is 0 Å². The van der Waals surface area contributed by atoms with Gasteiger partial charge in [-0.05, 0) is 46.6 Å². The molecule has 2 aliphatic rings. The molecular weight excluding hydrogens is 162 g/mol. The van der Waals surface area contributed by atoms with Gasteiger partial charge in [0.2, 0.25) is 0 Å². The van der Waals surface area contributed by atoms with Crippen LogP contribution in [0.5, 0.6) is 0 Å². The van der Waals surface area contributed by atoms with Gasteiger partial charge in [0, 0.05) is 11.6 Å².